The number of hydrogen-bond donors (Lipinski definition) is 1. The highest BCUT2D eigenvalue weighted by Crippen LogP contribution is 2.25. The maximum absolute atomic E-state index is 12.4. The van der Waals surface area contributed by atoms with Gasteiger partial charge in [-0.25, -0.2) is 9.59 Å². The van der Waals surface area contributed by atoms with Crippen LogP contribution in [0.25, 0.3) is 17.0 Å². The van der Waals surface area contributed by atoms with Gasteiger partial charge >= 0.3 is 12.1 Å². The van der Waals surface area contributed by atoms with Crippen molar-refractivity contribution < 1.29 is 23.8 Å². The normalized spacial score (nSPS) is 10.8. The number of rotatable bonds is 5. The molecule has 0 aliphatic heterocycles. The Bertz CT molecular complexity index is 1020. The van der Waals surface area contributed by atoms with E-state index in [1.807, 2.05) is 6.07 Å². The van der Waals surface area contributed by atoms with Crippen molar-refractivity contribution in [2.45, 2.75) is 0 Å². The summed E-state index contributed by atoms with van der Waals surface area (Å²) in [5.41, 5.74) is 2.29. The fourth-order valence-corrected chi connectivity index (χ4v) is 2.64. The molecule has 0 fully saturated rings. The van der Waals surface area contributed by atoms with E-state index in [4.69, 9.17) is 9.47 Å². The first-order chi connectivity index (χ1) is 13.5. The van der Waals surface area contributed by atoms with Gasteiger partial charge in [0.25, 0.3) is 0 Å². The van der Waals surface area contributed by atoms with Crippen LogP contribution in [0.3, 0.4) is 0 Å². The second-order valence-electron chi connectivity index (χ2n) is 5.93. The van der Waals surface area contributed by atoms with E-state index in [1.165, 1.54) is 18.1 Å². The molecule has 3 rings (SSSR count). The number of carbonyl (C=O) groups excluding carboxylic acids is 2. The average molecular weight is 380 g/mol. The van der Waals surface area contributed by atoms with Crippen molar-refractivity contribution in [2.24, 2.45) is 0 Å². The molecule has 0 radical (unpaired) electrons. The number of nitrogens with one attached hydrogen (secondary N) is 1. The molecule has 144 valence electrons. The monoisotopic (exact) mass is 380 g/mol. The van der Waals surface area contributed by atoms with Crippen LogP contribution < -0.4 is 14.4 Å². The van der Waals surface area contributed by atoms with E-state index in [9.17, 15) is 9.59 Å². The summed E-state index contributed by atoms with van der Waals surface area (Å²) in [6, 6.07) is 12.3. The molecule has 0 spiro atoms. The molecule has 7 heteroatoms. The zero-order chi connectivity index (χ0) is 20.1. The topological polar surface area (TPSA) is 80.9 Å². The summed E-state index contributed by atoms with van der Waals surface area (Å²) < 4.78 is 15.2. The van der Waals surface area contributed by atoms with E-state index < -0.39 is 12.1 Å². The number of benzene rings is 2. The maximum Gasteiger partial charge on any atom is 0.419 e. The number of methoxy groups -OCH3 is 2. The first kappa shape index (κ1) is 19.0. The molecule has 0 unspecified atom stereocenters. The predicted molar refractivity (Wildman–Crippen MR) is 107 cm³/mol. The number of H-pyrrole nitrogens is 1. The van der Waals surface area contributed by atoms with Crippen LogP contribution in [0.1, 0.15) is 5.56 Å². The van der Waals surface area contributed by atoms with Gasteiger partial charge in [-0.15, -0.1) is 0 Å². The third-order valence-electron chi connectivity index (χ3n) is 4.22. The first-order valence-electron chi connectivity index (χ1n) is 8.48. The lowest BCUT2D eigenvalue weighted by Gasteiger charge is -2.17. The number of nitrogens with zero attached hydrogens (tertiary/aromatic N) is 1. The molecule has 0 saturated heterocycles. The molecule has 1 N–H and O–H groups in total. The summed E-state index contributed by atoms with van der Waals surface area (Å²) >= 11 is 0. The van der Waals surface area contributed by atoms with Crippen molar-refractivity contribution in [1.82, 2.24) is 4.98 Å². The second-order valence-corrected chi connectivity index (χ2v) is 5.93. The van der Waals surface area contributed by atoms with Gasteiger partial charge in [0, 0.05) is 47.5 Å². The van der Waals surface area contributed by atoms with Crippen molar-refractivity contribution in [2.75, 3.05) is 26.2 Å². The van der Waals surface area contributed by atoms with Crippen molar-refractivity contribution in [3.05, 3.63) is 60.3 Å². The summed E-state index contributed by atoms with van der Waals surface area (Å²) in [5, 5.41) is 0.892. The van der Waals surface area contributed by atoms with E-state index in [0.29, 0.717) is 17.2 Å². The van der Waals surface area contributed by atoms with Crippen molar-refractivity contribution in [1.29, 1.82) is 0 Å². The van der Waals surface area contributed by atoms with Crippen LogP contribution in [0.4, 0.5) is 10.5 Å². The minimum Gasteiger partial charge on any atom is -0.497 e. The molecule has 0 atom stereocenters. The highest BCUT2D eigenvalue weighted by atomic mass is 16.6. The molecule has 0 aliphatic rings. The van der Waals surface area contributed by atoms with Gasteiger partial charge in [-0.1, -0.05) is 0 Å². The van der Waals surface area contributed by atoms with Crippen LogP contribution >= 0.6 is 0 Å². The number of aromatic amines is 1. The SMILES string of the molecule is COC(=O)/C=C/c1c[nH]c2cc(OC(=O)N(C)c3ccc(OC)cc3)ccc12. The Hall–Kier alpha value is -3.74. The number of hydrogen-bond acceptors (Lipinski definition) is 5. The minimum absolute atomic E-state index is 0.406. The van der Waals surface area contributed by atoms with Gasteiger partial charge in [0.1, 0.15) is 11.5 Å². The number of esters is 1. The molecule has 2 aromatic carbocycles. The highest BCUT2D eigenvalue weighted by Gasteiger charge is 2.14. The van der Waals surface area contributed by atoms with Crippen molar-refractivity contribution in [3.63, 3.8) is 0 Å². The van der Waals surface area contributed by atoms with Crippen LogP contribution in [-0.2, 0) is 9.53 Å². The number of ether oxygens (including phenoxy) is 3. The average Bonchev–Trinajstić information content (AvgIpc) is 3.13. The fraction of sp³-hybridized carbons (Fsp3) is 0.143. The maximum atomic E-state index is 12.4. The van der Waals surface area contributed by atoms with Gasteiger partial charge in [-0.05, 0) is 42.5 Å². The van der Waals surface area contributed by atoms with Crippen LogP contribution in [0.5, 0.6) is 11.5 Å². The van der Waals surface area contributed by atoms with Gasteiger partial charge in [-0.2, -0.15) is 0 Å². The molecule has 1 aromatic heterocycles. The van der Waals surface area contributed by atoms with Crippen LogP contribution in [0, 0.1) is 0 Å². The quantitative estimate of drug-likeness (QED) is 0.535. The Morgan fingerprint density at radius 2 is 1.75 bits per heavy atom. The Morgan fingerprint density at radius 1 is 1.04 bits per heavy atom. The lowest BCUT2D eigenvalue weighted by Crippen LogP contribution is -2.29. The summed E-state index contributed by atoms with van der Waals surface area (Å²) in [7, 11) is 4.54. The number of amides is 1. The zero-order valence-corrected chi connectivity index (χ0v) is 15.8. The fourth-order valence-electron chi connectivity index (χ4n) is 2.64. The van der Waals surface area contributed by atoms with E-state index in [-0.39, 0.29) is 0 Å². The molecular formula is C21H20N2O5. The summed E-state index contributed by atoms with van der Waals surface area (Å²) in [6.45, 7) is 0. The number of fused-ring (bicyclic) bond motifs is 1. The third kappa shape index (κ3) is 4.15. The minimum atomic E-state index is -0.512. The molecule has 1 amide bonds. The van der Waals surface area contributed by atoms with Crippen LogP contribution in [0.15, 0.2) is 54.7 Å². The smallest absolute Gasteiger partial charge is 0.419 e. The lowest BCUT2D eigenvalue weighted by atomic mass is 10.1. The second kappa shape index (κ2) is 8.30. The predicted octanol–water partition coefficient (Wildman–Crippen LogP) is 4.00. The molecule has 0 bridgehead atoms. The molecule has 7 nitrogen and oxygen atoms in total. The Labute approximate surface area is 162 Å². The van der Waals surface area contributed by atoms with Gasteiger partial charge in [-0.3, -0.25) is 4.90 Å². The zero-order valence-electron chi connectivity index (χ0n) is 15.8. The van der Waals surface area contributed by atoms with E-state index in [0.717, 1.165) is 16.5 Å². The Kier molecular flexibility index (Phi) is 5.64. The van der Waals surface area contributed by atoms with Crippen LogP contribution in [0.2, 0.25) is 0 Å². The molecule has 1 heterocycles. The number of anilines is 1. The molecule has 0 saturated carbocycles. The van der Waals surface area contributed by atoms with Gasteiger partial charge in [0.05, 0.1) is 14.2 Å². The van der Waals surface area contributed by atoms with Gasteiger partial charge in [0.2, 0.25) is 0 Å². The largest absolute Gasteiger partial charge is 0.497 e. The molecule has 28 heavy (non-hydrogen) atoms. The Morgan fingerprint density at radius 3 is 2.43 bits per heavy atom. The van der Waals surface area contributed by atoms with Crippen molar-refractivity contribution in [3.8, 4) is 11.5 Å². The molecule has 0 aliphatic carbocycles. The first-order valence-corrected chi connectivity index (χ1v) is 8.48. The van der Waals surface area contributed by atoms with Gasteiger partial charge < -0.3 is 19.2 Å². The summed E-state index contributed by atoms with van der Waals surface area (Å²) in [5.74, 6) is 0.685. The number of carbonyl (C=O) groups is 2. The van der Waals surface area contributed by atoms with E-state index in [2.05, 4.69) is 9.72 Å². The van der Waals surface area contributed by atoms with Crippen LogP contribution in [-0.4, -0.2) is 38.3 Å². The Balaban J connectivity index is 1.74. The summed E-state index contributed by atoms with van der Waals surface area (Å²) in [4.78, 5) is 28.2. The van der Waals surface area contributed by atoms with E-state index >= 15 is 0 Å². The lowest BCUT2D eigenvalue weighted by molar-refractivity contribution is -0.134. The van der Waals surface area contributed by atoms with Crippen molar-refractivity contribution >= 4 is 34.7 Å². The third-order valence-corrected chi connectivity index (χ3v) is 4.22. The molecular weight excluding hydrogens is 360 g/mol. The standard InChI is InChI=1S/C21H20N2O5/c1-23(15-5-7-16(26-2)8-6-15)21(25)28-17-9-10-18-14(4-11-20(24)27-3)13-22-19(18)12-17/h4-13,22H,1-3H3/b11-4+. The molecule has 3 aromatic rings. The number of aromatic nitrogens is 1. The van der Waals surface area contributed by atoms with Gasteiger partial charge in [0.15, 0.2) is 0 Å². The van der Waals surface area contributed by atoms with E-state index in [1.54, 1.807) is 62.8 Å². The highest BCUT2D eigenvalue weighted by molar-refractivity contribution is 5.95. The summed E-state index contributed by atoms with van der Waals surface area (Å²) in [6.07, 6.45) is 4.26.